The van der Waals surface area contributed by atoms with Crippen molar-refractivity contribution in [1.82, 2.24) is 5.32 Å². The first-order chi connectivity index (χ1) is 13.8. The number of nitrogens with zero attached hydrogens (tertiary/aromatic N) is 1. The lowest BCUT2D eigenvalue weighted by Gasteiger charge is -2.20. The fraction of sp³-hybridized carbons (Fsp3) is 0.348. The van der Waals surface area contributed by atoms with Gasteiger partial charge < -0.3 is 15.5 Å². The van der Waals surface area contributed by atoms with Gasteiger partial charge in [-0.25, -0.2) is 0 Å². The number of hydrogen-bond acceptors (Lipinski definition) is 3. The van der Waals surface area contributed by atoms with E-state index in [0.717, 1.165) is 16.8 Å². The molecule has 0 aromatic heterocycles. The van der Waals surface area contributed by atoms with E-state index in [1.165, 1.54) is 0 Å². The standard InChI is InChI=1S/C23H27N3O3/c1-14(2)24-23(29)18-9-5-6-10-19(18)25-22(28)17-12-21(27)26(13-17)20-11-7-8-15(3)16(20)4/h5-11,14,17H,12-13H2,1-4H3,(H,24,29)(H,25,28)/t17-/m0/s1. The summed E-state index contributed by atoms with van der Waals surface area (Å²) in [6.45, 7) is 8.07. The van der Waals surface area contributed by atoms with E-state index in [0.29, 0.717) is 17.8 Å². The number of para-hydroxylation sites is 1. The van der Waals surface area contributed by atoms with Crippen LogP contribution in [0.15, 0.2) is 42.5 Å². The second kappa shape index (κ2) is 8.47. The minimum atomic E-state index is -0.469. The van der Waals surface area contributed by atoms with E-state index < -0.39 is 5.92 Å². The topological polar surface area (TPSA) is 78.5 Å². The average molecular weight is 393 g/mol. The van der Waals surface area contributed by atoms with Crippen LogP contribution >= 0.6 is 0 Å². The third-order valence-electron chi connectivity index (χ3n) is 5.21. The fourth-order valence-electron chi connectivity index (χ4n) is 3.51. The van der Waals surface area contributed by atoms with Crippen molar-refractivity contribution >= 4 is 29.1 Å². The monoisotopic (exact) mass is 393 g/mol. The number of carbonyl (C=O) groups excluding carboxylic acids is 3. The summed E-state index contributed by atoms with van der Waals surface area (Å²) in [6, 6.07) is 12.7. The highest BCUT2D eigenvalue weighted by Crippen LogP contribution is 2.30. The number of benzene rings is 2. The molecular weight excluding hydrogens is 366 g/mol. The molecule has 6 nitrogen and oxygen atoms in total. The summed E-state index contributed by atoms with van der Waals surface area (Å²) in [5, 5.41) is 5.68. The van der Waals surface area contributed by atoms with Crippen molar-refractivity contribution in [3.05, 3.63) is 59.2 Å². The smallest absolute Gasteiger partial charge is 0.253 e. The summed E-state index contributed by atoms with van der Waals surface area (Å²) in [5.41, 5.74) is 3.85. The van der Waals surface area contributed by atoms with Crippen LogP contribution in [0.4, 0.5) is 11.4 Å². The molecule has 1 aliphatic rings. The van der Waals surface area contributed by atoms with Crippen LogP contribution in [0.25, 0.3) is 0 Å². The number of rotatable bonds is 5. The molecule has 29 heavy (non-hydrogen) atoms. The second-order valence-electron chi connectivity index (χ2n) is 7.79. The molecule has 6 heteroatoms. The van der Waals surface area contributed by atoms with Gasteiger partial charge in [-0.05, 0) is 57.0 Å². The molecule has 0 aliphatic carbocycles. The van der Waals surface area contributed by atoms with Crippen LogP contribution in [0.3, 0.4) is 0 Å². The van der Waals surface area contributed by atoms with Gasteiger partial charge in [0.25, 0.3) is 5.91 Å². The number of amides is 3. The molecule has 2 aromatic carbocycles. The van der Waals surface area contributed by atoms with Crippen LogP contribution in [0, 0.1) is 19.8 Å². The van der Waals surface area contributed by atoms with Crippen molar-refractivity contribution in [2.75, 3.05) is 16.8 Å². The normalized spacial score (nSPS) is 16.2. The van der Waals surface area contributed by atoms with Crippen LogP contribution in [0.1, 0.15) is 41.8 Å². The Labute approximate surface area is 171 Å². The Kier molecular flexibility index (Phi) is 6.01. The lowest BCUT2D eigenvalue weighted by molar-refractivity contribution is -0.122. The summed E-state index contributed by atoms with van der Waals surface area (Å²) < 4.78 is 0. The number of carbonyl (C=O) groups is 3. The summed E-state index contributed by atoms with van der Waals surface area (Å²) in [7, 11) is 0. The van der Waals surface area contributed by atoms with Gasteiger partial charge in [-0.1, -0.05) is 24.3 Å². The minimum absolute atomic E-state index is 0.00941. The highest BCUT2D eigenvalue weighted by molar-refractivity contribution is 6.07. The molecule has 0 saturated carbocycles. The maximum absolute atomic E-state index is 12.9. The van der Waals surface area contributed by atoms with Gasteiger partial charge in [0.2, 0.25) is 11.8 Å². The number of aryl methyl sites for hydroxylation is 1. The molecule has 1 atom stereocenters. The molecule has 1 fully saturated rings. The number of hydrogen-bond donors (Lipinski definition) is 2. The third kappa shape index (κ3) is 4.47. The molecule has 3 rings (SSSR count). The fourth-order valence-corrected chi connectivity index (χ4v) is 3.51. The molecule has 0 bridgehead atoms. The molecule has 2 N–H and O–H groups in total. The van der Waals surface area contributed by atoms with Crippen LogP contribution in [-0.2, 0) is 9.59 Å². The van der Waals surface area contributed by atoms with Gasteiger partial charge >= 0.3 is 0 Å². The Balaban J connectivity index is 1.75. The van der Waals surface area contributed by atoms with Crippen molar-refractivity contribution < 1.29 is 14.4 Å². The van der Waals surface area contributed by atoms with Crippen molar-refractivity contribution in [3.63, 3.8) is 0 Å². The average Bonchev–Trinajstić information content (AvgIpc) is 3.05. The maximum Gasteiger partial charge on any atom is 0.253 e. The Morgan fingerprint density at radius 3 is 2.52 bits per heavy atom. The van der Waals surface area contributed by atoms with Gasteiger partial charge in [-0.2, -0.15) is 0 Å². The zero-order valence-corrected chi connectivity index (χ0v) is 17.3. The first-order valence-corrected chi connectivity index (χ1v) is 9.85. The molecule has 2 aromatic rings. The summed E-state index contributed by atoms with van der Waals surface area (Å²) in [5.74, 6) is -1.03. The van der Waals surface area contributed by atoms with Gasteiger partial charge in [0, 0.05) is 24.7 Å². The van der Waals surface area contributed by atoms with Gasteiger partial charge in [-0.15, -0.1) is 0 Å². The lowest BCUT2D eigenvalue weighted by Crippen LogP contribution is -2.32. The van der Waals surface area contributed by atoms with Gasteiger partial charge in [-0.3, -0.25) is 14.4 Å². The zero-order valence-electron chi connectivity index (χ0n) is 17.3. The second-order valence-corrected chi connectivity index (χ2v) is 7.79. The van der Waals surface area contributed by atoms with E-state index >= 15 is 0 Å². The Bertz CT molecular complexity index is 952. The SMILES string of the molecule is Cc1cccc(N2C[C@@H](C(=O)Nc3ccccc3C(=O)NC(C)C)CC2=O)c1C. The molecular formula is C23H27N3O3. The first-order valence-electron chi connectivity index (χ1n) is 9.85. The third-order valence-corrected chi connectivity index (χ3v) is 5.21. The number of nitrogens with one attached hydrogen (secondary N) is 2. The van der Waals surface area contributed by atoms with Crippen molar-refractivity contribution in [2.24, 2.45) is 5.92 Å². The van der Waals surface area contributed by atoms with Crippen LogP contribution in [0.5, 0.6) is 0 Å². The van der Waals surface area contributed by atoms with E-state index in [1.54, 1.807) is 29.2 Å². The van der Waals surface area contributed by atoms with E-state index in [4.69, 9.17) is 0 Å². The van der Waals surface area contributed by atoms with Gasteiger partial charge in [0.05, 0.1) is 17.2 Å². The Morgan fingerprint density at radius 2 is 1.79 bits per heavy atom. The Hall–Kier alpha value is -3.15. The lowest BCUT2D eigenvalue weighted by atomic mass is 10.1. The molecule has 1 saturated heterocycles. The first kappa shape index (κ1) is 20.6. The Morgan fingerprint density at radius 1 is 1.07 bits per heavy atom. The highest BCUT2D eigenvalue weighted by atomic mass is 16.2. The van der Waals surface area contributed by atoms with E-state index in [2.05, 4.69) is 10.6 Å². The van der Waals surface area contributed by atoms with Crippen LogP contribution < -0.4 is 15.5 Å². The predicted molar refractivity (Wildman–Crippen MR) is 114 cm³/mol. The molecule has 1 aliphatic heterocycles. The molecule has 3 amide bonds. The van der Waals surface area contributed by atoms with E-state index in [-0.39, 0.29) is 30.2 Å². The zero-order chi connectivity index (χ0) is 21.1. The van der Waals surface area contributed by atoms with Crippen molar-refractivity contribution in [3.8, 4) is 0 Å². The van der Waals surface area contributed by atoms with Crippen molar-refractivity contribution in [2.45, 2.75) is 40.2 Å². The molecule has 0 unspecified atom stereocenters. The molecule has 152 valence electrons. The van der Waals surface area contributed by atoms with Gasteiger partial charge in [0.15, 0.2) is 0 Å². The van der Waals surface area contributed by atoms with E-state index in [1.807, 2.05) is 45.9 Å². The summed E-state index contributed by atoms with van der Waals surface area (Å²) in [6.07, 6.45) is 0.152. The summed E-state index contributed by atoms with van der Waals surface area (Å²) >= 11 is 0. The van der Waals surface area contributed by atoms with E-state index in [9.17, 15) is 14.4 Å². The predicted octanol–water partition coefficient (Wildman–Crippen LogP) is 3.43. The molecule has 1 heterocycles. The highest BCUT2D eigenvalue weighted by Gasteiger charge is 2.36. The van der Waals surface area contributed by atoms with Crippen molar-refractivity contribution in [1.29, 1.82) is 0 Å². The summed E-state index contributed by atoms with van der Waals surface area (Å²) in [4.78, 5) is 39.5. The maximum atomic E-state index is 12.9. The van der Waals surface area contributed by atoms with Crippen LogP contribution in [-0.4, -0.2) is 30.3 Å². The quantitative estimate of drug-likeness (QED) is 0.817. The molecule has 0 radical (unpaired) electrons. The number of anilines is 2. The van der Waals surface area contributed by atoms with Crippen LogP contribution in [0.2, 0.25) is 0 Å². The van der Waals surface area contributed by atoms with Gasteiger partial charge in [0.1, 0.15) is 0 Å². The minimum Gasteiger partial charge on any atom is -0.350 e. The largest absolute Gasteiger partial charge is 0.350 e. The molecule has 0 spiro atoms.